The molecule has 4 aromatic carbocycles. The quantitative estimate of drug-likeness (QED) is 0.153. The van der Waals surface area contributed by atoms with Crippen molar-refractivity contribution in [1.29, 1.82) is 0 Å². The number of rotatable bonds is 14. The largest absolute Gasteiger partial charge is 0.497 e. The lowest BCUT2D eigenvalue weighted by Gasteiger charge is -2.34. The molecular weight excluding hydrogens is 669 g/mol. The Morgan fingerprint density at radius 1 is 0.848 bits per heavy atom. The third kappa shape index (κ3) is 8.94. The number of benzene rings is 4. The molecule has 8 nitrogen and oxygen atoms in total. The first-order valence-electron chi connectivity index (χ1n) is 14.5. The van der Waals surface area contributed by atoms with Gasteiger partial charge in [-0.15, -0.1) is 0 Å². The number of halogens is 3. The zero-order valence-corrected chi connectivity index (χ0v) is 28.4. The van der Waals surface area contributed by atoms with E-state index in [2.05, 4.69) is 5.32 Å². The Morgan fingerprint density at radius 3 is 2.20 bits per heavy atom. The van der Waals surface area contributed by atoms with E-state index in [0.717, 1.165) is 9.87 Å². The van der Waals surface area contributed by atoms with Crippen molar-refractivity contribution in [2.45, 2.75) is 37.2 Å². The van der Waals surface area contributed by atoms with Crippen LogP contribution in [0.4, 0.5) is 5.69 Å². The summed E-state index contributed by atoms with van der Waals surface area (Å²) in [4.78, 5) is 29.5. The van der Waals surface area contributed by atoms with E-state index in [1.165, 1.54) is 42.3 Å². The Bertz CT molecular complexity index is 1760. The molecule has 0 saturated carbocycles. The highest BCUT2D eigenvalue weighted by atomic mass is 35.5. The maximum Gasteiger partial charge on any atom is 0.264 e. The topological polar surface area (TPSA) is 96.0 Å². The van der Waals surface area contributed by atoms with E-state index in [1.54, 1.807) is 36.4 Å². The molecule has 0 spiro atoms. The van der Waals surface area contributed by atoms with E-state index < -0.39 is 28.5 Å². The van der Waals surface area contributed by atoms with Crippen molar-refractivity contribution in [3.05, 3.63) is 123 Å². The molecule has 0 fully saturated rings. The molecule has 242 valence electrons. The van der Waals surface area contributed by atoms with Gasteiger partial charge in [0.2, 0.25) is 11.8 Å². The summed E-state index contributed by atoms with van der Waals surface area (Å²) < 4.78 is 34.5. The van der Waals surface area contributed by atoms with Gasteiger partial charge in [-0.05, 0) is 72.1 Å². The Balaban J connectivity index is 1.81. The van der Waals surface area contributed by atoms with Gasteiger partial charge in [0.25, 0.3) is 10.0 Å². The van der Waals surface area contributed by atoms with E-state index in [0.29, 0.717) is 29.3 Å². The first kappa shape index (κ1) is 35.1. The number of amides is 2. The molecule has 0 aromatic heterocycles. The van der Waals surface area contributed by atoms with Crippen LogP contribution >= 0.6 is 34.8 Å². The van der Waals surface area contributed by atoms with Crippen molar-refractivity contribution < 1.29 is 22.7 Å². The summed E-state index contributed by atoms with van der Waals surface area (Å²) in [6, 6.07) is 25.3. The zero-order valence-electron chi connectivity index (χ0n) is 25.3. The maximum absolute atomic E-state index is 14.5. The normalized spacial score (nSPS) is 11.8. The van der Waals surface area contributed by atoms with E-state index in [1.807, 2.05) is 37.3 Å². The molecule has 2 amide bonds. The number of anilines is 1. The molecule has 0 radical (unpaired) electrons. The summed E-state index contributed by atoms with van der Waals surface area (Å²) >= 11 is 18.8. The second-order valence-electron chi connectivity index (χ2n) is 10.4. The summed E-state index contributed by atoms with van der Waals surface area (Å²) in [6.07, 6.45) is 0.874. The van der Waals surface area contributed by atoms with Gasteiger partial charge in [0.1, 0.15) is 18.3 Å². The van der Waals surface area contributed by atoms with Gasteiger partial charge in [0.15, 0.2) is 0 Å². The van der Waals surface area contributed by atoms with Gasteiger partial charge < -0.3 is 15.0 Å². The molecule has 0 bridgehead atoms. The standard InChI is InChI=1S/C34H34Cl3N3O5S/c1-3-18-38-34(42)32(20-24-8-5-4-6-9-24)39(22-25-12-17-30(36)31(37)19-25)33(41)23-40(27-11-7-10-26(35)21-27)46(43,44)29-15-13-28(45-2)14-16-29/h4-17,19,21,32H,3,18,20,22-23H2,1-2H3,(H,38,42). The minimum Gasteiger partial charge on any atom is -0.497 e. The van der Waals surface area contributed by atoms with Crippen molar-refractivity contribution in [1.82, 2.24) is 10.2 Å². The van der Waals surface area contributed by atoms with E-state index in [9.17, 15) is 18.0 Å². The van der Waals surface area contributed by atoms with Gasteiger partial charge in [-0.25, -0.2) is 8.42 Å². The molecule has 1 unspecified atom stereocenters. The van der Waals surface area contributed by atoms with Gasteiger partial charge >= 0.3 is 0 Å². The lowest BCUT2D eigenvalue weighted by Crippen LogP contribution is -2.53. The summed E-state index contributed by atoms with van der Waals surface area (Å²) in [6.45, 7) is 1.67. The maximum atomic E-state index is 14.5. The molecule has 4 aromatic rings. The number of carbonyl (C=O) groups excluding carboxylic acids is 2. The number of hydrogen-bond acceptors (Lipinski definition) is 5. The number of hydrogen-bond donors (Lipinski definition) is 1. The van der Waals surface area contributed by atoms with Gasteiger partial charge in [0, 0.05) is 24.5 Å². The van der Waals surface area contributed by atoms with E-state index in [-0.39, 0.29) is 39.5 Å². The zero-order chi connectivity index (χ0) is 33.3. The number of carbonyl (C=O) groups is 2. The van der Waals surface area contributed by atoms with Crippen LogP contribution in [0.3, 0.4) is 0 Å². The van der Waals surface area contributed by atoms with Crippen LogP contribution in [0.2, 0.25) is 15.1 Å². The molecule has 0 aliphatic heterocycles. The van der Waals surface area contributed by atoms with Crippen molar-refractivity contribution >= 4 is 62.3 Å². The van der Waals surface area contributed by atoms with Crippen LogP contribution in [0, 0.1) is 0 Å². The number of sulfonamides is 1. The summed E-state index contributed by atoms with van der Waals surface area (Å²) in [7, 11) is -2.82. The molecule has 0 aliphatic carbocycles. The molecule has 0 heterocycles. The van der Waals surface area contributed by atoms with Crippen molar-refractivity contribution in [2.75, 3.05) is 24.5 Å². The molecule has 12 heteroatoms. The monoisotopic (exact) mass is 701 g/mol. The fraction of sp³-hybridized carbons (Fsp3) is 0.235. The van der Waals surface area contributed by atoms with Gasteiger partial charge in [-0.1, -0.05) is 84.2 Å². The van der Waals surface area contributed by atoms with Gasteiger partial charge in [-0.3, -0.25) is 13.9 Å². The highest BCUT2D eigenvalue weighted by Crippen LogP contribution is 2.29. The first-order chi connectivity index (χ1) is 22.0. The average Bonchev–Trinajstić information content (AvgIpc) is 3.06. The summed E-state index contributed by atoms with van der Waals surface area (Å²) in [5.41, 5.74) is 1.61. The Labute approximate surface area is 284 Å². The van der Waals surface area contributed by atoms with Crippen LogP contribution in [-0.2, 0) is 32.6 Å². The second-order valence-corrected chi connectivity index (χ2v) is 13.5. The van der Waals surface area contributed by atoms with Crippen molar-refractivity contribution in [2.24, 2.45) is 0 Å². The Kier molecular flexibility index (Phi) is 12.3. The predicted molar refractivity (Wildman–Crippen MR) is 183 cm³/mol. The van der Waals surface area contributed by atoms with Crippen LogP contribution in [0.25, 0.3) is 0 Å². The molecule has 0 saturated heterocycles. The highest BCUT2D eigenvalue weighted by molar-refractivity contribution is 7.92. The summed E-state index contributed by atoms with van der Waals surface area (Å²) in [5, 5.41) is 3.82. The van der Waals surface area contributed by atoms with Crippen LogP contribution in [0.1, 0.15) is 24.5 Å². The number of nitrogens with one attached hydrogen (secondary N) is 1. The molecule has 4 rings (SSSR count). The highest BCUT2D eigenvalue weighted by Gasteiger charge is 2.34. The fourth-order valence-corrected chi connectivity index (χ4v) is 6.70. The number of methoxy groups -OCH3 is 1. The fourth-order valence-electron chi connectivity index (χ4n) is 4.79. The van der Waals surface area contributed by atoms with E-state index in [4.69, 9.17) is 39.5 Å². The second kappa shape index (κ2) is 16.2. The molecular formula is C34H34Cl3N3O5S. The lowest BCUT2D eigenvalue weighted by molar-refractivity contribution is -0.140. The van der Waals surface area contributed by atoms with Crippen LogP contribution in [0.15, 0.2) is 102 Å². The number of nitrogens with zero attached hydrogens (tertiary/aromatic N) is 2. The van der Waals surface area contributed by atoms with Crippen molar-refractivity contribution in [3.63, 3.8) is 0 Å². The SMILES string of the molecule is CCCNC(=O)C(Cc1ccccc1)N(Cc1ccc(Cl)c(Cl)c1)C(=O)CN(c1cccc(Cl)c1)S(=O)(=O)c1ccc(OC)cc1. The Hall–Kier alpha value is -3.76. The molecule has 46 heavy (non-hydrogen) atoms. The lowest BCUT2D eigenvalue weighted by atomic mass is 10.0. The predicted octanol–water partition coefficient (Wildman–Crippen LogP) is 7.02. The molecule has 0 aliphatic rings. The molecule has 1 atom stereocenters. The number of ether oxygens (including phenoxy) is 1. The average molecular weight is 703 g/mol. The minimum atomic E-state index is -4.30. The van der Waals surface area contributed by atoms with Gasteiger partial charge in [-0.2, -0.15) is 0 Å². The van der Waals surface area contributed by atoms with Crippen LogP contribution < -0.4 is 14.4 Å². The van der Waals surface area contributed by atoms with Gasteiger partial charge in [0.05, 0.1) is 27.7 Å². The Morgan fingerprint density at radius 2 is 1.57 bits per heavy atom. The van der Waals surface area contributed by atoms with Crippen LogP contribution in [-0.4, -0.2) is 51.4 Å². The smallest absolute Gasteiger partial charge is 0.264 e. The van der Waals surface area contributed by atoms with Crippen LogP contribution in [0.5, 0.6) is 5.75 Å². The third-order valence-corrected chi connectivity index (χ3v) is 9.94. The summed E-state index contributed by atoms with van der Waals surface area (Å²) in [5.74, 6) is -0.513. The first-order valence-corrected chi connectivity index (χ1v) is 17.1. The van der Waals surface area contributed by atoms with Crippen molar-refractivity contribution in [3.8, 4) is 5.75 Å². The molecule has 1 N–H and O–H groups in total. The van der Waals surface area contributed by atoms with E-state index >= 15 is 0 Å². The third-order valence-electron chi connectivity index (χ3n) is 7.18. The minimum absolute atomic E-state index is 0.0429.